The summed E-state index contributed by atoms with van der Waals surface area (Å²) in [6.45, 7) is -0.293. The summed E-state index contributed by atoms with van der Waals surface area (Å²) < 4.78 is 42.6. The van der Waals surface area contributed by atoms with Gasteiger partial charge in [0.15, 0.2) is 0 Å². The minimum atomic E-state index is -4.57. The van der Waals surface area contributed by atoms with Crippen LogP contribution >= 0.6 is 0 Å². The summed E-state index contributed by atoms with van der Waals surface area (Å²) in [4.78, 5) is 0. The van der Waals surface area contributed by atoms with Gasteiger partial charge >= 0.3 is 6.18 Å². The van der Waals surface area contributed by atoms with E-state index >= 15 is 0 Å². The minimum absolute atomic E-state index is 0.0390. The molecule has 0 radical (unpaired) electrons. The van der Waals surface area contributed by atoms with Gasteiger partial charge in [-0.1, -0.05) is 0 Å². The molecule has 0 heterocycles. The topological polar surface area (TPSA) is 79.3 Å². The summed E-state index contributed by atoms with van der Waals surface area (Å²) in [6.07, 6.45) is -4.57. The van der Waals surface area contributed by atoms with E-state index in [0.29, 0.717) is 0 Å². The van der Waals surface area contributed by atoms with E-state index in [2.05, 4.69) is 0 Å². The van der Waals surface area contributed by atoms with E-state index in [1.54, 1.807) is 0 Å². The van der Waals surface area contributed by atoms with Gasteiger partial charge < -0.3 is 15.6 Å². The van der Waals surface area contributed by atoms with Crippen LogP contribution in [-0.4, -0.2) is 24.2 Å². The third-order valence-corrected chi connectivity index (χ3v) is 1.95. The highest BCUT2D eigenvalue weighted by Gasteiger charge is 2.34. The Kier molecular flexibility index (Phi) is 3.95. The SMILES string of the molecule is N=C(N)c1cc(OCCO)ccc1C(F)(F)F. The van der Waals surface area contributed by atoms with E-state index in [9.17, 15) is 13.2 Å². The zero-order valence-corrected chi connectivity index (χ0v) is 8.71. The monoisotopic (exact) mass is 248 g/mol. The molecule has 0 amide bonds. The lowest BCUT2D eigenvalue weighted by Gasteiger charge is -2.13. The number of benzene rings is 1. The molecule has 1 rings (SSSR count). The second-order valence-electron chi connectivity index (χ2n) is 3.19. The first-order chi connectivity index (χ1) is 7.86. The normalized spacial score (nSPS) is 11.3. The van der Waals surface area contributed by atoms with Crippen LogP contribution in [0, 0.1) is 5.41 Å². The lowest BCUT2D eigenvalue weighted by Crippen LogP contribution is -2.19. The Morgan fingerprint density at radius 2 is 2.06 bits per heavy atom. The predicted octanol–water partition coefficient (Wildman–Crippen LogP) is 1.36. The number of nitrogens with one attached hydrogen (secondary N) is 1. The molecule has 0 fully saturated rings. The van der Waals surface area contributed by atoms with E-state index in [1.165, 1.54) is 0 Å². The Morgan fingerprint density at radius 3 is 2.53 bits per heavy atom. The van der Waals surface area contributed by atoms with Crippen molar-refractivity contribution in [3.8, 4) is 5.75 Å². The van der Waals surface area contributed by atoms with Gasteiger partial charge in [-0.2, -0.15) is 13.2 Å². The first kappa shape index (κ1) is 13.3. The molecule has 0 bridgehead atoms. The number of nitrogen functional groups attached to an aromatic ring is 1. The number of ether oxygens (including phenoxy) is 1. The molecule has 1 aromatic rings. The Balaban J connectivity index is 3.13. The zero-order valence-electron chi connectivity index (χ0n) is 8.71. The van der Waals surface area contributed by atoms with Gasteiger partial charge in [-0.25, -0.2) is 0 Å². The summed E-state index contributed by atoms with van der Waals surface area (Å²) >= 11 is 0. The summed E-state index contributed by atoms with van der Waals surface area (Å²) in [5.74, 6) is -0.566. The molecule has 0 aliphatic rings. The number of nitrogens with two attached hydrogens (primary N) is 1. The number of hydrogen-bond donors (Lipinski definition) is 3. The summed E-state index contributed by atoms with van der Waals surface area (Å²) in [5.41, 5.74) is 3.67. The fraction of sp³-hybridized carbons (Fsp3) is 0.300. The highest BCUT2D eigenvalue weighted by Crippen LogP contribution is 2.33. The first-order valence-corrected chi connectivity index (χ1v) is 4.65. The molecular formula is C10H11F3N2O2. The second-order valence-corrected chi connectivity index (χ2v) is 3.19. The molecule has 0 aliphatic heterocycles. The van der Waals surface area contributed by atoms with Crippen LogP contribution < -0.4 is 10.5 Å². The largest absolute Gasteiger partial charge is 0.491 e. The molecule has 4 N–H and O–H groups in total. The van der Waals surface area contributed by atoms with Gasteiger partial charge in [0, 0.05) is 5.56 Å². The predicted molar refractivity (Wildman–Crippen MR) is 55.0 cm³/mol. The maximum Gasteiger partial charge on any atom is 0.417 e. The van der Waals surface area contributed by atoms with Crippen molar-refractivity contribution in [2.24, 2.45) is 5.73 Å². The standard InChI is InChI=1S/C10H11F3N2O2/c11-10(12,13)8-2-1-6(17-4-3-16)5-7(8)9(14)15/h1-2,5,16H,3-4H2,(H3,14,15). The van der Waals surface area contributed by atoms with E-state index in [-0.39, 0.29) is 19.0 Å². The van der Waals surface area contributed by atoms with Crippen molar-refractivity contribution in [3.63, 3.8) is 0 Å². The molecule has 94 valence electrons. The van der Waals surface area contributed by atoms with Crippen LogP contribution in [0.1, 0.15) is 11.1 Å². The molecule has 7 heteroatoms. The van der Waals surface area contributed by atoms with Crippen LogP contribution in [-0.2, 0) is 6.18 Å². The average Bonchev–Trinajstić information content (AvgIpc) is 2.24. The molecule has 0 spiro atoms. The number of amidine groups is 1. The summed E-state index contributed by atoms with van der Waals surface area (Å²) in [6, 6.07) is 2.94. The van der Waals surface area contributed by atoms with Crippen molar-refractivity contribution in [1.82, 2.24) is 0 Å². The van der Waals surface area contributed by atoms with Crippen molar-refractivity contribution < 1.29 is 23.0 Å². The third-order valence-electron chi connectivity index (χ3n) is 1.95. The highest BCUT2D eigenvalue weighted by atomic mass is 19.4. The molecule has 0 atom stereocenters. The van der Waals surface area contributed by atoms with Gasteiger partial charge in [-0.3, -0.25) is 5.41 Å². The van der Waals surface area contributed by atoms with Gasteiger partial charge in [0.05, 0.1) is 12.2 Å². The molecular weight excluding hydrogens is 237 g/mol. The van der Waals surface area contributed by atoms with Crippen molar-refractivity contribution >= 4 is 5.84 Å². The maximum atomic E-state index is 12.6. The number of aliphatic hydroxyl groups excluding tert-OH is 1. The Morgan fingerprint density at radius 1 is 1.41 bits per heavy atom. The van der Waals surface area contributed by atoms with Crippen LogP contribution in [0.4, 0.5) is 13.2 Å². The van der Waals surface area contributed by atoms with Crippen LogP contribution in [0.15, 0.2) is 18.2 Å². The minimum Gasteiger partial charge on any atom is -0.491 e. The fourth-order valence-electron chi connectivity index (χ4n) is 1.25. The lowest BCUT2D eigenvalue weighted by molar-refractivity contribution is -0.137. The Bertz CT molecular complexity index is 419. The van der Waals surface area contributed by atoms with Crippen LogP contribution in [0.5, 0.6) is 5.75 Å². The maximum absolute atomic E-state index is 12.6. The zero-order chi connectivity index (χ0) is 13.1. The second kappa shape index (κ2) is 5.05. The Hall–Kier alpha value is -1.76. The van der Waals surface area contributed by atoms with E-state index < -0.39 is 23.1 Å². The highest BCUT2D eigenvalue weighted by molar-refractivity contribution is 5.97. The van der Waals surface area contributed by atoms with E-state index in [4.69, 9.17) is 21.0 Å². The van der Waals surface area contributed by atoms with Gasteiger partial charge in [-0.15, -0.1) is 0 Å². The quantitative estimate of drug-likeness (QED) is 0.556. The van der Waals surface area contributed by atoms with E-state index in [1.807, 2.05) is 0 Å². The van der Waals surface area contributed by atoms with Crippen molar-refractivity contribution in [1.29, 1.82) is 5.41 Å². The summed E-state index contributed by atoms with van der Waals surface area (Å²) in [5, 5.41) is 15.6. The summed E-state index contributed by atoms with van der Waals surface area (Å²) in [7, 11) is 0. The molecule has 0 saturated heterocycles. The van der Waals surface area contributed by atoms with Crippen LogP contribution in [0.2, 0.25) is 0 Å². The lowest BCUT2D eigenvalue weighted by atomic mass is 10.1. The average molecular weight is 248 g/mol. The smallest absolute Gasteiger partial charge is 0.417 e. The molecule has 0 aliphatic carbocycles. The van der Waals surface area contributed by atoms with Crippen molar-refractivity contribution in [2.45, 2.75) is 6.18 Å². The van der Waals surface area contributed by atoms with Gasteiger partial charge in [0.2, 0.25) is 0 Å². The van der Waals surface area contributed by atoms with E-state index in [0.717, 1.165) is 18.2 Å². The fourth-order valence-corrected chi connectivity index (χ4v) is 1.25. The van der Waals surface area contributed by atoms with Crippen molar-refractivity contribution in [2.75, 3.05) is 13.2 Å². The van der Waals surface area contributed by atoms with Crippen molar-refractivity contribution in [3.05, 3.63) is 29.3 Å². The third kappa shape index (κ3) is 3.35. The first-order valence-electron chi connectivity index (χ1n) is 4.65. The molecule has 1 aromatic carbocycles. The molecule has 17 heavy (non-hydrogen) atoms. The molecule has 4 nitrogen and oxygen atoms in total. The van der Waals surface area contributed by atoms with Gasteiger partial charge in [-0.05, 0) is 18.2 Å². The molecule has 0 unspecified atom stereocenters. The van der Waals surface area contributed by atoms with Gasteiger partial charge in [0.1, 0.15) is 18.2 Å². The number of halogens is 3. The number of rotatable bonds is 4. The number of aliphatic hydroxyl groups is 1. The molecule has 0 saturated carbocycles. The molecule has 0 aromatic heterocycles. The van der Waals surface area contributed by atoms with Gasteiger partial charge in [0.25, 0.3) is 0 Å². The van der Waals surface area contributed by atoms with Crippen LogP contribution in [0.25, 0.3) is 0 Å². The Labute approximate surface area is 95.3 Å². The number of hydrogen-bond acceptors (Lipinski definition) is 3. The van der Waals surface area contributed by atoms with Crippen LogP contribution in [0.3, 0.4) is 0 Å². The number of alkyl halides is 3.